The van der Waals surface area contributed by atoms with Crippen LogP contribution in [0.5, 0.6) is 0 Å². The van der Waals surface area contributed by atoms with E-state index in [0.717, 1.165) is 11.1 Å². The third-order valence-corrected chi connectivity index (χ3v) is 6.14. The predicted molar refractivity (Wildman–Crippen MR) is 125 cm³/mol. The molecule has 2 aliphatic heterocycles. The maximum atomic E-state index is 13.3. The van der Waals surface area contributed by atoms with E-state index in [9.17, 15) is 14.4 Å². The largest absolute Gasteiger partial charge is 0.462 e. The number of ether oxygens (including phenoxy) is 4. The van der Waals surface area contributed by atoms with E-state index in [4.69, 9.17) is 18.9 Å². The number of esters is 1. The van der Waals surface area contributed by atoms with E-state index in [-0.39, 0.29) is 6.61 Å². The minimum atomic E-state index is -0.915. The smallest absolute Gasteiger partial charge is 0.330 e. The first-order valence-electron chi connectivity index (χ1n) is 11.4. The monoisotopic (exact) mass is 478 g/mol. The minimum Gasteiger partial charge on any atom is -0.462 e. The molecule has 0 saturated carbocycles. The molecule has 9 heteroatoms. The summed E-state index contributed by atoms with van der Waals surface area (Å²) in [6, 6.07) is 20.1. The van der Waals surface area contributed by atoms with Gasteiger partial charge in [0.25, 0.3) is 5.56 Å². The van der Waals surface area contributed by atoms with Crippen molar-refractivity contribution < 1.29 is 23.7 Å². The lowest BCUT2D eigenvalue weighted by Crippen LogP contribution is -2.37. The molecular formula is C26H26N2O7. The highest BCUT2D eigenvalue weighted by molar-refractivity contribution is 5.82. The molecule has 9 nitrogen and oxygen atoms in total. The topological polar surface area (TPSA) is 109 Å². The number of carbonyl (C=O) groups is 1. The van der Waals surface area contributed by atoms with Gasteiger partial charge < -0.3 is 18.9 Å². The summed E-state index contributed by atoms with van der Waals surface area (Å²) in [4.78, 5) is 39.4. The number of aromatic amines is 1. The fraction of sp³-hybridized carbons (Fsp3) is 0.346. The standard InChI is InChI=1S/C26H26N2O7/c1-26(2)34-21-18(33-23(22(21)35-26)28-14-13-19(29)27-25(28)31)15-32-24(30)20(16-9-5-3-6-10-16)17-11-7-4-8-12-17/h3-14,18,20-23H,15H2,1-2H3,(H,27,29,31). The van der Waals surface area contributed by atoms with Gasteiger partial charge in [-0.15, -0.1) is 0 Å². The van der Waals surface area contributed by atoms with Gasteiger partial charge in [0.05, 0.1) is 0 Å². The number of hydrogen-bond donors (Lipinski definition) is 1. The third kappa shape index (κ3) is 4.70. The molecular weight excluding hydrogens is 452 g/mol. The second kappa shape index (κ2) is 9.26. The van der Waals surface area contributed by atoms with Crippen molar-refractivity contribution in [2.75, 3.05) is 6.61 Å². The molecule has 3 heterocycles. The second-order valence-electron chi connectivity index (χ2n) is 9.03. The molecule has 5 rings (SSSR count). The minimum absolute atomic E-state index is 0.0930. The van der Waals surface area contributed by atoms with Crippen LogP contribution in [0.4, 0.5) is 0 Å². The molecule has 4 unspecified atom stereocenters. The zero-order chi connectivity index (χ0) is 24.6. The number of aromatic nitrogens is 2. The maximum Gasteiger partial charge on any atom is 0.330 e. The molecule has 35 heavy (non-hydrogen) atoms. The van der Waals surface area contributed by atoms with E-state index in [1.54, 1.807) is 13.8 Å². The van der Waals surface area contributed by atoms with Gasteiger partial charge in [0.15, 0.2) is 12.0 Å². The van der Waals surface area contributed by atoms with Gasteiger partial charge in [-0.05, 0) is 25.0 Å². The van der Waals surface area contributed by atoms with Crippen LogP contribution in [0.15, 0.2) is 82.5 Å². The number of rotatable bonds is 6. The van der Waals surface area contributed by atoms with E-state index in [1.165, 1.54) is 16.8 Å². The molecule has 0 spiro atoms. The Morgan fingerprint density at radius 3 is 2.17 bits per heavy atom. The average molecular weight is 479 g/mol. The van der Waals surface area contributed by atoms with Crippen molar-refractivity contribution in [3.05, 3.63) is 105 Å². The molecule has 0 radical (unpaired) electrons. The number of hydrogen-bond acceptors (Lipinski definition) is 7. The van der Waals surface area contributed by atoms with Crippen LogP contribution in [0.1, 0.15) is 37.1 Å². The van der Waals surface area contributed by atoms with Crippen molar-refractivity contribution in [2.24, 2.45) is 0 Å². The van der Waals surface area contributed by atoms with E-state index in [1.807, 2.05) is 60.7 Å². The molecule has 1 aromatic heterocycles. The zero-order valence-electron chi connectivity index (χ0n) is 19.3. The molecule has 1 N–H and O–H groups in total. The van der Waals surface area contributed by atoms with Gasteiger partial charge in [-0.3, -0.25) is 19.1 Å². The number of benzene rings is 2. The van der Waals surface area contributed by atoms with Gasteiger partial charge in [0.2, 0.25) is 0 Å². The molecule has 2 aliphatic rings. The molecule has 182 valence electrons. The molecule has 2 saturated heterocycles. The van der Waals surface area contributed by atoms with Crippen LogP contribution in [0.3, 0.4) is 0 Å². The zero-order valence-corrected chi connectivity index (χ0v) is 19.3. The highest BCUT2D eigenvalue weighted by atomic mass is 16.8. The van der Waals surface area contributed by atoms with Crippen LogP contribution < -0.4 is 11.2 Å². The SMILES string of the molecule is CC1(C)OC2C(COC(=O)C(c3ccccc3)c3ccccc3)OC(n3ccc(=O)[nH]c3=O)C2O1. The Morgan fingerprint density at radius 1 is 0.971 bits per heavy atom. The highest BCUT2D eigenvalue weighted by Gasteiger charge is 2.56. The van der Waals surface area contributed by atoms with Crippen molar-refractivity contribution in [3.8, 4) is 0 Å². The molecule has 2 aromatic carbocycles. The summed E-state index contributed by atoms with van der Waals surface area (Å²) >= 11 is 0. The first-order valence-corrected chi connectivity index (χ1v) is 11.4. The second-order valence-corrected chi connectivity index (χ2v) is 9.03. The Labute approximate surface area is 201 Å². The van der Waals surface area contributed by atoms with Crippen LogP contribution >= 0.6 is 0 Å². The Morgan fingerprint density at radius 2 is 1.57 bits per heavy atom. The summed E-state index contributed by atoms with van der Waals surface area (Å²) in [5, 5.41) is 0. The van der Waals surface area contributed by atoms with Crippen LogP contribution in [0.2, 0.25) is 0 Å². The molecule has 0 bridgehead atoms. The van der Waals surface area contributed by atoms with Crippen LogP contribution in [0, 0.1) is 0 Å². The molecule has 4 atom stereocenters. The van der Waals surface area contributed by atoms with Gasteiger partial charge in [0.1, 0.15) is 30.8 Å². The first kappa shape index (κ1) is 23.2. The lowest BCUT2D eigenvalue weighted by atomic mass is 9.91. The Kier molecular flexibility index (Phi) is 6.14. The van der Waals surface area contributed by atoms with Gasteiger partial charge in [-0.25, -0.2) is 4.79 Å². The fourth-order valence-corrected chi connectivity index (χ4v) is 4.65. The number of nitrogens with zero attached hydrogens (tertiary/aromatic N) is 1. The number of carbonyl (C=O) groups excluding carboxylic acids is 1. The molecule has 2 fully saturated rings. The van der Waals surface area contributed by atoms with Gasteiger partial charge in [-0.1, -0.05) is 60.7 Å². The van der Waals surface area contributed by atoms with Crippen molar-refractivity contribution in [1.82, 2.24) is 9.55 Å². The lowest BCUT2D eigenvalue weighted by Gasteiger charge is -2.25. The van der Waals surface area contributed by atoms with E-state index < -0.39 is 53.5 Å². The summed E-state index contributed by atoms with van der Waals surface area (Å²) in [6.07, 6.45) is -1.38. The third-order valence-electron chi connectivity index (χ3n) is 6.14. The molecule has 0 amide bonds. The molecule has 3 aromatic rings. The van der Waals surface area contributed by atoms with Crippen molar-refractivity contribution in [3.63, 3.8) is 0 Å². The van der Waals surface area contributed by atoms with Gasteiger partial charge >= 0.3 is 11.7 Å². The highest BCUT2D eigenvalue weighted by Crippen LogP contribution is 2.42. The average Bonchev–Trinajstić information content (AvgIpc) is 3.32. The lowest BCUT2D eigenvalue weighted by molar-refractivity contribution is -0.203. The van der Waals surface area contributed by atoms with Crippen molar-refractivity contribution in [1.29, 1.82) is 0 Å². The summed E-state index contributed by atoms with van der Waals surface area (Å²) in [5.74, 6) is -1.95. The summed E-state index contributed by atoms with van der Waals surface area (Å²) in [6.45, 7) is 3.44. The van der Waals surface area contributed by atoms with Crippen LogP contribution in [-0.4, -0.2) is 46.2 Å². The van der Waals surface area contributed by atoms with E-state index >= 15 is 0 Å². The fourth-order valence-electron chi connectivity index (χ4n) is 4.65. The van der Waals surface area contributed by atoms with E-state index in [2.05, 4.69) is 4.98 Å². The number of H-pyrrole nitrogens is 1. The first-order chi connectivity index (χ1) is 16.8. The Balaban J connectivity index is 1.37. The maximum absolute atomic E-state index is 13.3. The van der Waals surface area contributed by atoms with Crippen LogP contribution in [-0.2, 0) is 23.7 Å². The number of fused-ring (bicyclic) bond motifs is 1. The summed E-state index contributed by atoms with van der Waals surface area (Å²) in [7, 11) is 0. The van der Waals surface area contributed by atoms with Crippen molar-refractivity contribution >= 4 is 5.97 Å². The summed E-state index contributed by atoms with van der Waals surface area (Å²) in [5.41, 5.74) is 0.491. The summed E-state index contributed by atoms with van der Waals surface area (Å²) < 4.78 is 25.1. The quantitative estimate of drug-likeness (QED) is 0.542. The van der Waals surface area contributed by atoms with Gasteiger partial charge in [-0.2, -0.15) is 0 Å². The van der Waals surface area contributed by atoms with Crippen molar-refractivity contribution in [2.45, 2.75) is 50.1 Å². The van der Waals surface area contributed by atoms with E-state index in [0.29, 0.717) is 0 Å². The number of nitrogens with one attached hydrogen (secondary N) is 1. The van der Waals surface area contributed by atoms with Crippen LogP contribution in [0.25, 0.3) is 0 Å². The molecule has 0 aliphatic carbocycles. The Bertz CT molecular complexity index is 1260. The van der Waals surface area contributed by atoms with Gasteiger partial charge in [0, 0.05) is 12.3 Å². The normalized spacial score (nSPS) is 24.9. The predicted octanol–water partition coefficient (Wildman–Crippen LogP) is 2.33. The Hall–Kier alpha value is -3.53.